The van der Waals surface area contributed by atoms with Crippen LogP contribution in [-0.2, 0) is 0 Å². The molecule has 1 fully saturated rings. The number of hydrogen-bond donors (Lipinski definition) is 0. The molecule has 1 heterocycles. The van der Waals surface area contributed by atoms with Gasteiger partial charge in [-0.3, -0.25) is 0 Å². The molecule has 0 unspecified atom stereocenters. The van der Waals surface area contributed by atoms with Gasteiger partial charge in [-0.15, -0.1) is 6.58 Å². The van der Waals surface area contributed by atoms with Gasteiger partial charge >= 0.3 is 0 Å². The summed E-state index contributed by atoms with van der Waals surface area (Å²) in [4.78, 5) is 0. The molecule has 0 aromatic carbocycles. The standard InChI is InChI=1S/C6H10S2/c1-2-3-8-6-4-7-5-6/h2,6H,1,3-5H2. The molecule has 8 heavy (non-hydrogen) atoms. The summed E-state index contributed by atoms with van der Waals surface area (Å²) >= 11 is 4.06. The molecule has 2 heteroatoms. The van der Waals surface area contributed by atoms with Gasteiger partial charge in [0.2, 0.25) is 0 Å². The minimum Gasteiger partial charge on any atom is -0.160 e. The highest BCUT2D eigenvalue weighted by atomic mass is 32.2. The van der Waals surface area contributed by atoms with Crippen LogP contribution in [0, 0.1) is 0 Å². The lowest BCUT2D eigenvalue weighted by Gasteiger charge is -2.23. The summed E-state index contributed by atoms with van der Waals surface area (Å²) in [5.41, 5.74) is 0. The highest BCUT2D eigenvalue weighted by Crippen LogP contribution is 2.28. The average molecular weight is 146 g/mol. The Labute approximate surface area is 59.1 Å². The van der Waals surface area contributed by atoms with Crippen molar-refractivity contribution in [1.82, 2.24) is 0 Å². The van der Waals surface area contributed by atoms with E-state index in [2.05, 4.69) is 6.58 Å². The predicted molar refractivity (Wildman–Crippen MR) is 43.8 cm³/mol. The second-order valence-corrected chi connectivity index (χ2v) is 4.19. The third-order valence-corrected chi connectivity index (χ3v) is 3.99. The highest BCUT2D eigenvalue weighted by molar-refractivity contribution is 8.07. The van der Waals surface area contributed by atoms with Crippen molar-refractivity contribution >= 4 is 23.5 Å². The van der Waals surface area contributed by atoms with Gasteiger partial charge in [0, 0.05) is 22.5 Å². The monoisotopic (exact) mass is 146 g/mol. The zero-order valence-electron chi connectivity index (χ0n) is 4.80. The second kappa shape index (κ2) is 3.46. The van der Waals surface area contributed by atoms with Gasteiger partial charge in [-0.05, 0) is 0 Å². The van der Waals surface area contributed by atoms with Gasteiger partial charge in [0.25, 0.3) is 0 Å². The summed E-state index contributed by atoms with van der Waals surface area (Å²) in [6.45, 7) is 3.66. The van der Waals surface area contributed by atoms with Crippen LogP contribution in [0.25, 0.3) is 0 Å². The molecule has 0 aromatic rings. The van der Waals surface area contributed by atoms with Crippen molar-refractivity contribution in [3.8, 4) is 0 Å². The normalized spacial score (nSPS) is 20.0. The highest BCUT2D eigenvalue weighted by Gasteiger charge is 2.16. The van der Waals surface area contributed by atoms with E-state index < -0.39 is 0 Å². The Bertz CT molecular complexity index is 76.6. The van der Waals surface area contributed by atoms with E-state index in [1.54, 1.807) is 0 Å². The van der Waals surface area contributed by atoms with Crippen molar-refractivity contribution < 1.29 is 0 Å². The molecule has 1 aliphatic rings. The van der Waals surface area contributed by atoms with Gasteiger partial charge in [-0.1, -0.05) is 6.08 Å². The first-order valence-corrected chi connectivity index (χ1v) is 4.94. The molecule has 0 aliphatic carbocycles. The molecule has 0 atom stereocenters. The van der Waals surface area contributed by atoms with Gasteiger partial charge < -0.3 is 0 Å². The van der Waals surface area contributed by atoms with Crippen LogP contribution in [0.5, 0.6) is 0 Å². The Balaban J connectivity index is 1.93. The lowest BCUT2D eigenvalue weighted by molar-refractivity contribution is 1.09. The lowest BCUT2D eigenvalue weighted by Crippen LogP contribution is -2.20. The van der Waals surface area contributed by atoms with Crippen LogP contribution in [0.3, 0.4) is 0 Å². The van der Waals surface area contributed by atoms with Gasteiger partial charge in [-0.25, -0.2) is 0 Å². The van der Waals surface area contributed by atoms with E-state index in [4.69, 9.17) is 0 Å². The average Bonchev–Trinajstić information content (AvgIpc) is 1.63. The molecule has 0 radical (unpaired) electrons. The van der Waals surface area contributed by atoms with E-state index >= 15 is 0 Å². The van der Waals surface area contributed by atoms with Gasteiger partial charge in [0.1, 0.15) is 0 Å². The summed E-state index contributed by atoms with van der Waals surface area (Å²) in [6, 6.07) is 0. The minimum absolute atomic E-state index is 0.943. The van der Waals surface area contributed by atoms with Crippen molar-refractivity contribution in [2.45, 2.75) is 5.25 Å². The Morgan fingerprint density at radius 1 is 1.75 bits per heavy atom. The predicted octanol–water partition coefficient (Wildman–Crippen LogP) is 2.02. The second-order valence-electron chi connectivity index (χ2n) is 1.78. The van der Waals surface area contributed by atoms with Crippen molar-refractivity contribution in [2.24, 2.45) is 0 Å². The first-order valence-electron chi connectivity index (χ1n) is 2.73. The molecule has 0 amide bonds. The van der Waals surface area contributed by atoms with Crippen LogP contribution >= 0.6 is 23.5 Å². The van der Waals surface area contributed by atoms with Gasteiger partial charge in [0.05, 0.1) is 0 Å². The molecular formula is C6H10S2. The van der Waals surface area contributed by atoms with Crippen molar-refractivity contribution in [2.75, 3.05) is 17.3 Å². The van der Waals surface area contributed by atoms with Gasteiger partial charge in [-0.2, -0.15) is 23.5 Å². The first-order chi connectivity index (χ1) is 3.93. The minimum atomic E-state index is 0.943. The SMILES string of the molecule is C=CCSC1CSC1. The Kier molecular flexibility index (Phi) is 2.84. The topological polar surface area (TPSA) is 0 Å². The molecule has 0 spiro atoms. The Morgan fingerprint density at radius 3 is 2.88 bits per heavy atom. The molecular weight excluding hydrogens is 136 g/mol. The van der Waals surface area contributed by atoms with Crippen LogP contribution < -0.4 is 0 Å². The van der Waals surface area contributed by atoms with E-state index in [1.165, 1.54) is 11.5 Å². The molecule has 0 saturated carbocycles. The van der Waals surface area contributed by atoms with Crippen molar-refractivity contribution in [1.29, 1.82) is 0 Å². The van der Waals surface area contributed by atoms with Crippen LogP contribution in [0.1, 0.15) is 0 Å². The fraction of sp³-hybridized carbons (Fsp3) is 0.667. The largest absolute Gasteiger partial charge is 0.160 e. The molecule has 0 nitrogen and oxygen atoms in total. The van der Waals surface area contributed by atoms with Crippen molar-refractivity contribution in [3.05, 3.63) is 12.7 Å². The molecule has 0 bridgehead atoms. The summed E-state index contributed by atoms with van der Waals surface area (Å²) < 4.78 is 0. The van der Waals surface area contributed by atoms with E-state index in [1.807, 2.05) is 29.6 Å². The fourth-order valence-electron chi connectivity index (χ4n) is 0.514. The maximum atomic E-state index is 3.66. The lowest BCUT2D eigenvalue weighted by atomic mass is 10.5. The zero-order chi connectivity index (χ0) is 5.82. The smallest absolute Gasteiger partial charge is 0.0231 e. The number of rotatable bonds is 3. The zero-order valence-corrected chi connectivity index (χ0v) is 6.43. The molecule has 1 saturated heterocycles. The van der Waals surface area contributed by atoms with Gasteiger partial charge in [0.15, 0.2) is 0 Å². The van der Waals surface area contributed by atoms with E-state index in [0.29, 0.717) is 0 Å². The van der Waals surface area contributed by atoms with Crippen LogP contribution in [-0.4, -0.2) is 22.5 Å². The molecule has 0 N–H and O–H groups in total. The van der Waals surface area contributed by atoms with Crippen LogP contribution in [0.2, 0.25) is 0 Å². The van der Waals surface area contributed by atoms with Crippen LogP contribution in [0.15, 0.2) is 12.7 Å². The van der Waals surface area contributed by atoms with Crippen molar-refractivity contribution in [3.63, 3.8) is 0 Å². The fourth-order valence-corrected chi connectivity index (χ4v) is 2.70. The van der Waals surface area contributed by atoms with E-state index in [-0.39, 0.29) is 0 Å². The maximum Gasteiger partial charge on any atom is 0.0231 e. The molecule has 1 aliphatic heterocycles. The Morgan fingerprint density at radius 2 is 2.50 bits per heavy atom. The molecule has 1 rings (SSSR count). The summed E-state index contributed by atoms with van der Waals surface area (Å²) in [7, 11) is 0. The quantitative estimate of drug-likeness (QED) is 0.559. The number of thioether (sulfide) groups is 2. The third kappa shape index (κ3) is 1.75. The summed E-state index contributed by atoms with van der Waals surface area (Å²) in [5, 5.41) is 0.943. The third-order valence-electron chi connectivity index (χ3n) is 1.06. The molecule has 46 valence electrons. The summed E-state index contributed by atoms with van der Waals surface area (Å²) in [5.74, 6) is 3.85. The number of hydrogen-bond acceptors (Lipinski definition) is 2. The van der Waals surface area contributed by atoms with Crippen LogP contribution in [0.4, 0.5) is 0 Å². The molecule has 0 aromatic heterocycles. The van der Waals surface area contributed by atoms with E-state index in [9.17, 15) is 0 Å². The maximum absolute atomic E-state index is 3.66. The van der Waals surface area contributed by atoms with E-state index in [0.717, 1.165) is 11.0 Å². The summed E-state index contributed by atoms with van der Waals surface area (Å²) in [6.07, 6.45) is 1.98. The first kappa shape index (κ1) is 6.56. The Hall–Kier alpha value is 0.440.